The number of ketones is 2. The predicted octanol–water partition coefficient (Wildman–Crippen LogP) is -0.306. The summed E-state index contributed by atoms with van der Waals surface area (Å²) in [6, 6.07) is 2.92. The predicted molar refractivity (Wildman–Crippen MR) is 101 cm³/mol. The van der Waals surface area contributed by atoms with Gasteiger partial charge in [-0.3, -0.25) is 14.4 Å². The standard InChI is InChI=1S/C20H20N2O8/c1-5-6-2-3-8(21)15(25)11(6)16(26)13-10(5)14(24)7-4-9(23)12(19(22)29)17(27)20(7,30)18(13)28/h2-3,5,7,10,14,23-25,28,30H,4,21H2,1H3,(H2,22,29)/t5-,7+,10+,14+,20+/m0/s1. The number of amides is 1. The number of fused-ring (bicyclic) bond motifs is 3. The van der Waals surface area contributed by atoms with Crippen LogP contribution in [0.1, 0.15) is 35.2 Å². The van der Waals surface area contributed by atoms with E-state index in [2.05, 4.69) is 0 Å². The largest absolute Gasteiger partial charge is 0.511 e. The van der Waals surface area contributed by atoms with E-state index in [0.717, 1.165) is 0 Å². The molecule has 5 atom stereocenters. The van der Waals surface area contributed by atoms with Crippen molar-refractivity contribution in [1.29, 1.82) is 0 Å². The molecule has 0 spiro atoms. The van der Waals surface area contributed by atoms with Crippen LogP contribution in [0.3, 0.4) is 0 Å². The molecule has 0 bridgehead atoms. The molecule has 1 aromatic rings. The maximum Gasteiger partial charge on any atom is 0.255 e. The Morgan fingerprint density at radius 2 is 1.83 bits per heavy atom. The first kappa shape index (κ1) is 19.9. The minimum atomic E-state index is -2.84. The molecule has 0 saturated carbocycles. The SMILES string of the molecule is C[C@H]1c2ccc(N)c(O)c2C(=O)C2=C(O)[C@]3(O)C(=O)C(C(N)=O)=C(O)C[C@@H]3[C@@H](O)[C@@H]21. The summed E-state index contributed by atoms with van der Waals surface area (Å²) >= 11 is 0. The number of benzene rings is 1. The lowest BCUT2D eigenvalue weighted by molar-refractivity contribution is -0.154. The molecule has 1 aromatic carbocycles. The molecule has 0 unspecified atom stereocenters. The molecule has 10 heteroatoms. The van der Waals surface area contributed by atoms with Gasteiger partial charge < -0.3 is 37.0 Å². The minimum Gasteiger partial charge on any atom is -0.511 e. The van der Waals surface area contributed by atoms with Crippen molar-refractivity contribution in [2.75, 3.05) is 5.73 Å². The van der Waals surface area contributed by atoms with Crippen LogP contribution < -0.4 is 11.5 Å². The number of nitrogen functional groups attached to an aromatic ring is 1. The summed E-state index contributed by atoms with van der Waals surface area (Å²) in [4.78, 5) is 37.7. The third-order valence-electron chi connectivity index (χ3n) is 6.53. The fraction of sp³-hybridized carbons (Fsp3) is 0.350. The molecular formula is C20H20N2O8. The zero-order chi connectivity index (χ0) is 22.3. The Morgan fingerprint density at radius 3 is 2.43 bits per heavy atom. The zero-order valence-corrected chi connectivity index (χ0v) is 15.8. The highest BCUT2D eigenvalue weighted by molar-refractivity contribution is 6.24. The molecule has 0 heterocycles. The lowest BCUT2D eigenvalue weighted by atomic mass is 9.56. The van der Waals surface area contributed by atoms with Crippen LogP contribution in [0.4, 0.5) is 5.69 Å². The number of Topliss-reactive ketones (excluding diaryl/α,β-unsaturated/α-hetero) is 2. The number of hydrogen-bond donors (Lipinski definition) is 7. The second-order valence-corrected chi connectivity index (χ2v) is 7.96. The van der Waals surface area contributed by atoms with E-state index in [0.29, 0.717) is 5.56 Å². The van der Waals surface area contributed by atoms with Gasteiger partial charge >= 0.3 is 0 Å². The number of aliphatic hydroxyl groups excluding tert-OH is 3. The molecular weight excluding hydrogens is 396 g/mol. The first-order valence-electron chi connectivity index (χ1n) is 9.21. The first-order valence-corrected chi connectivity index (χ1v) is 9.21. The van der Waals surface area contributed by atoms with Gasteiger partial charge in [0.15, 0.2) is 11.4 Å². The molecule has 158 valence electrons. The number of carbonyl (C=O) groups excluding carboxylic acids is 3. The topological polar surface area (TPSA) is 204 Å². The number of aromatic hydroxyl groups is 1. The number of primary amides is 1. The van der Waals surface area contributed by atoms with Gasteiger partial charge in [0.25, 0.3) is 5.91 Å². The fourth-order valence-electron chi connectivity index (χ4n) is 5.01. The number of aliphatic hydroxyl groups is 4. The number of phenols is 1. The molecule has 3 aliphatic rings. The first-order chi connectivity index (χ1) is 13.9. The monoisotopic (exact) mass is 416 g/mol. The summed E-state index contributed by atoms with van der Waals surface area (Å²) < 4.78 is 0. The van der Waals surface area contributed by atoms with Crippen LogP contribution in [0.2, 0.25) is 0 Å². The van der Waals surface area contributed by atoms with Crippen LogP contribution in [0.25, 0.3) is 0 Å². The van der Waals surface area contributed by atoms with Crippen LogP contribution >= 0.6 is 0 Å². The van der Waals surface area contributed by atoms with Gasteiger partial charge in [-0.2, -0.15) is 0 Å². The molecule has 3 aliphatic carbocycles. The molecule has 30 heavy (non-hydrogen) atoms. The number of carbonyl (C=O) groups is 3. The van der Waals surface area contributed by atoms with E-state index in [-0.39, 0.29) is 11.3 Å². The van der Waals surface area contributed by atoms with E-state index in [1.807, 2.05) is 0 Å². The van der Waals surface area contributed by atoms with E-state index in [9.17, 15) is 39.9 Å². The normalized spacial score (nSPS) is 33.2. The van der Waals surface area contributed by atoms with Crippen molar-refractivity contribution in [2.24, 2.45) is 17.6 Å². The molecule has 1 amide bonds. The van der Waals surface area contributed by atoms with Crippen molar-refractivity contribution in [3.05, 3.63) is 45.9 Å². The third-order valence-corrected chi connectivity index (χ3v) is 6.53. The van der Waals surface area contributed by atoms with E-state index in [1.54, 1.807) is 6.92 Å². The van der Waals surface area contributed by atoms with Crippen molar-refractivity contribution in [1.82, 2.24) is 0 Å². The molecule has 0 radical (unpaired) electrons. The summed E-state index contributed by atoms with van der Waals surface area (Å²) in [7, 11) is 0. The Morgan fingerprint density at radius 1 is 1.20 bits per heavy atom. The Balaban J connectivity index is 2.01. The summed E-state index contributed by atoms with van der Waals surface area (Å²) in [6.07, 6.45) is -2.07. The number of nitrogens with two attached hydrogens (primary N) is 2. The van der Waals surface area contributed by atoms with Crippen molar-refractivity contribution >= 4 is 23.2 Å². The highest BCUT2D eigenvalue weighted by atomic mass is 16.4. The van der Waals surface area contributed by atoms with Crippen LogP contribution in [0, 0.1) is 11.8 Å². The highest BCUT2D eigenvalue weighted by Crippen LogP contribution is 2.55. The van der Waals surface area contributed by atoms with Crippen molar-refractivity contribution < 1.29 is 39.9 Å². The van der Waals surface area contributed by atoms with E-state index in [4.69, 9.17) is 11.5 Å². The van der Waals surface area contributed by atoms with Gasteiger partial charge in [-0.15, -0.1) is 0 Å². The van der Waals surface area contributed by atoms with Crippen LogP contribution in [-0.4, -0.2) is 54.7 Å². The minimum absolute atomic E-state index is 0.0848. The van der Waals surface area contributed by atoms with Gasteiger partial charge in [-0.05, 0) is 17.5 Å². The van der Waals surface area contributed by atoms with Crippen molar-refractivity contribution in [2.45, 2.75) is 31.0 Å². The molecule has 0 aromatic heterocycles. The fourth-order valence-corrected chi connectivity index (χ4v) is 5.01. The Hall–Kier alpha value is -3.37. The lowest BCUT2D eigenvalue weighted by Gasteiger charge is -2.50. The maximum absolute atomic E-state index is 13.2. The lowest BCUT2D eigenvalue weighted by Crippen LogP contribution is -2.62. The molecule has 0 fully saturated rings. The highest BCUT2D eigenvalue weighted by Gasteiger charge is 2.64. The maximum atomic E-state index is 13.2. The summed E-state index contributed by atoms with van der Waals surface area (Å²) in [5.41, 5.74) is 6.69. The quantitative estimate of drug-likeness (QED) is 0.182. The van der Waals surface area contributed by atoms with E-state index in [1.165, 1.54) is 12.1 Å². The third kappa shape index (κ3) is 2.17. The van der Waals surface area contributed by atoms with Crippen molar-refractivity contribution in [3.8, 4) is 5.75 Å². The molecule has 0 aliphatic heterocycles. The zero-order valence-electron chi connectivity index (χ0n) is 15.8. The van der Waals surface area contributed by atoms with Crippen LogP contribution in [-0.2, 0) is 9.59 Å². The Labute approximate surface area is 169 Å². The van der Waals surface area contributed by atoms with Gasteiger partial charge in [0, 0.05) is 23.8 Å². The number of anilines is 1. The number of hydrogen-bond acceptors (Lipinski definition) is 9. The van der Waals surface area contributed by atoms with Gasteiger partial charge in [0.1, 0.15) is 22.8 Å². The second-order valence-electron chi connectivity index (χ2n) is 7.96. The van der Waals surface area contributed by atoms with Crippen molar-refractivity contribution in [3.63, 3.8) is 0 Å². The van der Waals surface area contributed by atoms with Gasteiger partial charge in [-0.1, -0.05) is 13.0 Å². The Bertz CT molecular complexity index is 1100. The van der Waals surface area contributed by atoms with Crippen LogP contribution in [0.5, 0.6) is 5.75 Å². The smallest absolute Gasteiger partial charge is 0.255 e. The average molecular weight is 416 g/mol. The van der Waals surface area contributed by atoms with Gasteiger partial charge in [-0.25, -0.2) is 0 Å². The number of rotatable bonds is 1. The molecule has 10 nitrogen and oxygen atoms in total. The Kier molecular flexibility index (Phi) is 4.03. The van der Waals surface area contributed by atoms with Gasteiger partial charge in [0.05, 0.1) is 17.4 Å². The molecule has 9 N–H and O–H groups in total. The molecule has 4 rings (SSSR count). The second kappa shape index (κ2) is 6.07. The molecule has 0 saturated heterocycles. The average Bonchev–Trinajstić information content (AvgIpc) is 2.67. The summed E-state index contributed by atoms with van der Waals surface area (Å²) in [5, 5.41) is 53.5. The number of allylic oxidation sites excluding steroid dienone is 1. The van der Waals surface area contributed by atoms with E-state index >= 15 is 0 Å². The van der Waals surface area contributed by atoms with E-state index < -0.39 is 81.8 Å². The van der Waals surface area contributed by atoms with Gasteiger partial charge in [0.2, 0.25) is 5.78 Å². The summed E-state index contributed by atoms with van der Waals surface area (Å²) in [6.45, 7) is 1.64. The van der Waals surface area contributed by atoms with Crippen LogP contribution in [0.15, 0.2) is 34.8 Å². The summed E-state index contributed by atoms with van der Waals surface area (Å²) in [5.74, 6) is -9.01. The number of phenolic OH excluding ortho intramolecular Hbond substituents is 1.